The van der Waals surface area contributed by atoms with Gasteiger partial charge in [-0.1, -0.05) is 26.8 Å². The van der Waals surface area contributed by atoms with Crippen LogP contribution < -0.4 is 5.32 Å². The number of nitrogens with one attached hydrogen (secondary N) is 1. The normalized spacial score (nSPS) is 15.1. The zero-order chi connectivity index (χ0) is 13.2. The molecule has 18 heavy (non-hydrogen) atoms. The van der Waals surface area contributed by atoms with Crippen LogP contribution in [-0.2, 0) is 6.42 Å². The molecule has 0 aromatic carbocycles. The minimum Gasteiger partial charge on any atom is -0.314 e. The molecule has 2 aromatic rings. The predicted octanol–water partition coefficient (Wildman–Crippen LogP) is 3.13. The number of hydrogen-bond donors (Lipinski definition) is 1. The maximum absolute atomic E-state index is 4.64. The monoisotopic (exact) mass is 263 g/mol. The molecule has 98 valence electrons. The molecule has 2 aromatic heterocycles. The van der Waals surface area contributed by atoms with Crippen molar-refractivity contribution in [1.29, 1.82) is 0 Å². The van der Waals surface area contributed by atoms with Crippen molar-refractivity contribution in [3.63, 3.8) is 0 Å². The van der Waals surface area contributed by atoms with Crippen molar-refractivity contribution < 1.29 is 0 Å². The van der Waals surface area contributed by atoms with Gasteiger partial charge >= 0.3 is 0 Å². The van der Waals surface area contributed by atoms with Crippen LogP contribution in [0.1, 0.15) is 26.5 Å². The van der Waals surface area contributed by atoms with Crippen molar-refractivity contribution >= 4 is 16.3 Å². The Hall–Kier alpha value is -1.13. The van der Waals surface area contributed by atoms with Crippen molar-refractivity contribution in [2.24, 2.45) is 5.41 Å². The lowest BCUT2D eigenvalue weighted by atomic mass is 9.85. The summed E-state index contributed by atoms with van der Waals surface area (Å²) in [6.45, 7) is 11.5. The summed E-state index contributed by atoms with van der Waals surface area (Å²) in [5, 5.41) is 5.54. The molecule has 0 bridgehead atoms. The van der Waals surface area contributed by atoms with Crippen LogP contribution in [0.25, 0.3) is 4.96 Å². The molecule has 1 N–H and O–H groups in total. The fraction of sp³-hybridized carbons (Fsp3) is 0.500. The van der Waals surface area contributed by atoms with Crippen molar-refractivity contribution in [2.45, 2.75) is 33.2 Å². The Kier molecular flexibility index (Phi) is 3.88. The first kappa shape index (κ1) is 13.3. The van der Waals surface area contributed by atoms with Crippen LogP contribution in [0.2, 0.25) is 0 Å². The van der Waals surface area contributed by atoms with Crippen LogP contribution in [0.15, 0.2) is 30.4 Å². The SMILES string of the molecule is C=CC(C)(CNC(C)C)Cc1cn2ccsc2n1. The van der Waals surface area contributed by atoms with Crippen molar-refractivity contribution in [1.82, 2.24) is 14.7 Å². The molecule has 4 heteroatoms. The van der Waals surface area contributed by atoms with Crippen LogP contribution in [0.4, 0.5) is 0 Å². The van der Waals surface area contributed by atoms with Gasteiger partial charge in [-0.25, -0.2) is 4.98 Å². The molecular weight excluding hydrogens is 242 g/mol. The van der Waals surface area contributed by atoms with Crippen LogP contribution in [0.5, 0.6) is 0 Å². The Morgan fingerprint density at radius 3 is 3.00 bits per heavy atom. The third kappa shape index (κ3) is 3.00. The van der Waals surface area contributed by atoms with E-state index in [2.05, 4.69) is 53.6 Å². The highest BCUT2D eigenvalue weighted by Crippen LogP contribution is 2.24. The van der Waals surface area contributed by atoms with E-state index in [9.17, 15) is 0 Å². The highest BCUT2D eigenvalue weighted by molar-refractivity contribution is 7.15. The first-order chi connectivity index (χ1) is 8.52. The van der Waals surface area contributed by atoms with Gasteiger partial charge in [0, 0.05) is 42.2 Å². The van der Waals surface area contributed by atoms with Gasteiger partial charge in [0.2, 0.25) is 0 Å². The second-order valence-electron chi connectivity index (χ2n) is 5.40. The van der Waals surface area contributed by atoms with Gasteiger partial charge in [-0.3, -0.25) is 4.40 Å². The molecule has 0 spiro atoms. The van der Waals surface area contributed by atoms with E-state index < -0.39 is 0 Å². The third-order valence-corrected chi connectivity index (χ3v) is 3.91. The molecule has 1 unspecified atom stereocenters. The fourth-order valence-corrected chi connectivity index (χ4v) is 2.64. The Balaban J connectivity index is 2.09. The Bertz CT molecular complexity index is 497. The smallest absolute Gasteiger partial charge is 0.193 e. The second kappa shape index (κ2) is 5.24. The fourth-order valence-electron chi connectivity index (χ4n) is 1.92. The number of aromatic nitrogens is 2. The standard InChI is InChI=1S/C14H21N3S/c1-5-14(4,10-15-11(2)3)8-12-9-17-6-7-18-13(17)16-12/h5-7,9,11,15H,1,8,10H2,2-4H3. The first-order valence-electron chi connectivity index (χ1n) is 6.30. The lowest BCUT2D eigenvalue weighted by Crippen LogP contribution is -2.35. The first-order valence-corrected chi connectivity index (χ1v) is 7.18. The molecule has 0 saturated heterocycles. The number of nitrogens with zero attached hydrogens (tertiary/aromatic N) is 2. The molecule has 0 fully saturated rings. The van der Waals surface area contributed by atoms with Gasteiger partial charge in [-0.2, -0.15) is 0 Å². The molecule has 2 rings (SSSR count). The van der Waals surface area contributed by atoms with Gasteiger partial charge in [0.15, 0.2) is 4.96 Å². The number of thiazole rings is 1. The van der Waals surface area contributed by atoms with Crippen LogP contribution >= 0.6 is 11.3 Å². The number of hydrogen-bond acceptors (Lipinski definition) is 3. The second-order valence-corrected chi connectivity index (χ2v) is 6.27. The van der Waals surface area contributed by atoms with Gasteiger partial charge in [-0.05, 0) is 0 Å². The summed E-state index contributed by atoms with van der Waals surface area (Å²) in [5.74, 6) is 0. The summed E-state index contributed by atoms with van der Waals surface area (Å²) in [7, 11) is 0. The van der Waals surface area contributed by atoms with Crippen molar-refractivity contribution in [3.05, 3.63) is 36.1 Å². The summed E-state index contributed by atoms with van der Waals surface area (Å²) >= 11 is 1.67. The Morgan fingerprint density at radius 2 is 2.39 bits per heavy atom. The third-order valence-electron chi connectivity index (χ3n) is 3.14. The van der Waals surface area contributed by atoms with Crippen LogP contribution in [0.3, 0.4) is 0 Å². The van der Waals surface area contributed by atoms with Crippen molar-refractivity contribution in [3.8, 4) is 0 Å². The zero-order valence-electron chi connectivity index (χ0n) is 11.3. The van der Waals surface area contributed by atoms with E-state index >= 15 is 0 Å². The predicted molar refractivity (Wildman–Crippen MR) is 78.2 cm³/mol. The summed E-state index contributed by atoms with van der Waals surface area (Å²) in [6, 6.07) is 0.495. The molecule has 0 saturated carbocycles. The van der Waals surface area contributed by atoms with E-state index in [1.165, 1.54) is 0 Å². The summed E-state index contributed by atoms with van der Waals surface area (Å²) in [4.78, 5) is 5.70. The van der Waals surface area contributed by atoms with Crippen molar-refractivity contribution in [2.75, 3.05) is 6.54 Å². The maximum atomic E-state index is 4.64. The largest absolute Gasteiger partial charge is 0.314 e. The van der Waals surface area contributed by atoms with Gasteiger partial charge in [0.25, 0.3) is 0 Å². The van der Waals surface area contributed by atoms with Gasteiger partial charge < -0.3 is 5.32 Å². The number of fused-ring (bicyclic) bond motifs is 1. The topological polar surface area (TPSA) is 29.3 Å². The van der Waals surface area contributed by atoms with E-state index in [0.29, 0.717) is 6.04 Å². The Morgan fingerprint density at radius 1 is 1.61 bits per heavy atom. The average Bonchev–Trinajstić information content (AvgIpc) is 2.87. The molecule has 1 atom stereocenters. The van der Waals surface area contributed by atoms with Crippen LogP contribution in [-0.4, -0.2) is 22.0 Å². The number of imidazole rings is 1. The molecule has 0 amide bonds. The zero-order valence-corrected chi connectivity index (χ0v) is 12.1. The molecule has 0 aliphatic carbocycles. The molecule has 0 aliphatic rings. The van der Waals surface area contributed by atoms with E-state index in [1.807, 2.05) is 12.3 Å². The maximum Gasteiger partial charge on any atom is 0.193 e. The molecule has 3 nitrogen and oxygen atoms in total. The quantitative estimate of drug-likeness (QED) is 0.811. The Labute approximate surface area is 113 Å². The minimum absolute atomic E-state index is 0.0499. The molecular formula is C14H21N3S. The van der Waals surface area contributed by atoms with E-state index in [1.54, 1.807) is 11.3 Å². The average molecular weight is 263 g/mol. The van der Waals surface area contributed by atoms with Gasteiger partial charge in [0.1, 0.15) is 0 Å². The van der Waals surface area contributed by atoms with E-state index in [0.717, 1.165) is 23.6 Å². The van der Waals surface area contributed by atoms with Crippen LogP contribution in [0, 0.1) is 5.41 Å². The number of rotatable bonds is 6. The van der Waals surface area contributed by atoms with E-state index in [4.69, 9.17) is 0 Å². The summed E-state index contributed by atoms with van der Waals surface area (Å²) < 4.78 is 2.08. The molecule has 2 heterocycles. The van der Waals surface area contributed by atoms with Gasteiger partial charge in [0.05, 0.1) is 5.69 Å². The summed E-state index contributed by atoms with van der Waals surface area (Å²) in [5.41, 5.74) is 1.18. The van der Waals surface area contributed by atoms with Gasteiger partial charge in [-0.15, -0.1) is 17.9 Å². The minimum atomic E-state index is 0.0499. The lowest BCUT2D eigenvalue weighted by Gasteiger charge is -2.26. The lowest BCUT2D eigenvalue weighted by molar-refractivity contribution is 0.371. The summed E-state index contributed by atoms with van der Waals surface area (Å²) in [6.07, 6.45) is 7.12. The van der Waals surface area contributed by atoms with E-state index in [-0.39, 0.29) is 5.41 Å². The molecule has 0 aliphatic heterocycles. The highest BCUT2D eigenvalue weighted by atomic mass is 32.1. The highest BCUT2D eigenvalue weighted by Gasteiger charge is 2.22. The molecule has 0 radical (unpaired) electrons.